The summed E-state index contributed by atoms with van der Waals surface area (Å²) in [5, 5.41) is 20.9. The maximum Gasteiger partial charge on any atom is 0.412 e. The Labute approximate surface area is 183 Å². The van der Waals surface area contributed by atoms with Crippen molar-refractivity contribution in [2.45, 2.75) is 32.8 Å². The second kappa shape index (κ2) is 10.8. The molecule has 2 aromatic carbocycles. The Bertz CT molecular complexity index is 879. The molecule has 0 unspecified atom stereocenters. The molecule has 0 saturated carbocycles. The fourth-order valence-electron chi connectivity index (χ4n) is 2.93. The molecule has 0 aliphatic heterocycles. The van der Waals surface area contributed by atoms with E-state index in [0.717, 1.165) is 10.0 Å². The molecule has 7 nitrogen and oxygen atoms in total. The molecule has 0 spiro atoms. The van der Waals surface area contributed by atoms with Gasteiger partial charge in [-0.1, -0.05) is 48.0 Å². The van der Waals surface area contributed by atoms with Crippen LogP contribution >= 0.6 is 15.9 Å². The maximum absolute atomic E-state index is 12.6. The van der Waals surface area contributed by atoms with Gasteiger partial charge in [-0.15, -0.1) is 0 Å². The summed E-state index contributed by atoms with van der Waals surface area (Å²) in [4.78, 5) is 23.7. The third-order valence-corrected chi connectivity index (χ3v) is 5.08. The highest BCUT2D eigenvalue weighted by Crippen LogP contribution is 2.41. The first-order chi connectivity index (χ1) is 14.2. The van der Waals surface area contributed by atoms with Crippen LogP contribution in [-0.4, -0.2) is 22.3 Å². The second-order valence-corrected chi connectivity index (χ2v) is 8.33. The highest BCUT2D eigenvalue weighted by atomic mass is 79.9. The van der Waals surface area contributed by atoms with Gasteiger partial charge in [0.15, 0.2) is 0 Å². The quantitative estimate of drug-likeness (QED) is 0.234. The zero-order valence-corrected chi connectivity index (χ0v) is 18.3. The van der Waals surface area contributed by atoms with Crippen LogP contribution in [0.15, 0.2) is 65.2 Å². The van der Waals surface area contributed by atoms with Crippen LogP contribution < -0.4 is 10.8 Å². The highest BCUT2D eigenvalue weighted by molar-refractivity contribution is 9.10. The molecule has 0 aliphatic rings. The summed E-state index contributed by atoms with van der Waals surface area (Å²) in [6.07, 6.45) is 2.81. The molecule has 0 radical (unpaired) electrons. The fraction of sp³-hybridized carbons (Fsp3) is 0.273. The van der Waals surface area contributed by atoms with E-state index in [1.807, 2.05) is 26.0 Å². The predicted octanol–water partition coefficient (Wildman–Crippen LogP) is 5.31. The van der Waals surface area contributed by atoms with Crippen LogP contribution in [0.25, 0.3) is 0 Å². The summed E-state index contributed by atoms with van der Waals surface area (Å²) >= 11 is 3.35. The van der Waals surface area contributed by atoms with Crippen LogP contribution in [0.3, 0.4) is 0 Å². The molecule has 0 fully saturated rings. The summed E-state index contributed by atoms with van der Waals surface area (Å²) in [7, 11) is 0. The standard InChI is InChI=1S/C22H25BrN2O5/c1-22(2,14-4-3-5-19(27)25-29)20(15-6-12-18(26)13-7-15)30-21(28)24-17-10-8-16(23)9-11-17/h3,5-13,20,26,29H,4,14H2,1-2H3,(H,24,28)(H,25,27)/b5-3+/t20-/m1/s1. The molecular weight excluding hydrogens is 452 g/mol. The molecule has 0 aromatic heterocycles. The monoisotopic (exact) mass is 476 g/mol. The maximum atomic E-state index is 12.6. The Hall–Kier alpha value is -2.84. The van der Waals surface area contributed by atoms with Gasteiger partial charge in [-0.05, 0) is 54.8 Å². The number of ether oxygens (including phenoxy) is 1. The van der Waals surface area contributed by atoms with Crippen LogP contribution in [-0.2, 0) is 9.53 Å². The minimum Gasteiger partial charge on any atom is -0.508 e. The van der Waals surface area contributed by atoms with Gasteiger partial charge in [-0.3, -0.25) is 15.3 Å². The predicted molar refractivity (Wildman–Crippen MR) is 117 cm³/mol. The third kappa shape index (κ3) is 7.20. The molecule has 2 amide bonds. The number of carbonyl (C=O) groups is 2. The van der Waals surface area contributed by atoms with E-state index >= 15 is 0 Å². The zero-order chi connectivity index (χ0) is 22.1. The number of amides is 2. The van der Waals surface area contributed by atoms with E-state index in [0.29, 0.717) is 18.5 Å². The number of allylic oxidation sites excluding steroid dienone is 1. The molecular formula is C22H25BrN2O5. The first-order valence-corrected chi connectivity index (χ1v) is 10.1. The zero-order valence-electron chi connectivity index (χ0n) is 16.8. The van der Waals surface area contributed by atoms with E-state index in [1.165, 1.54) is 11.6 Å². The normalized spacial score (nSPS) is 12.4. The summed E-state index contributed by atoms with van der Waals surface area (Å²) in [6, 6.07) is 13.6. The molecule has 8 heteroatoms. The van der Waals surface area contributed by atoms with E-state index in [1.54, 1.807) is 42.5 Å². The van der Waals surface area contributed by atoms with Gasteiger partial charge in [0.05, 0.1) is 0 Å². The van der Waals surface area contributed by atoms with Crippen molar-refractivity contribution in [2.75, 3.05) is 5.32 Å². The lowest BCUT2D eigenvalue weighted by Crippen LogP contribution is -2.29. The van der Waals surface area contributed by atoms with Crippen LogP contribution in [0.1, 0.15) is 38.4 Å². The third-order valence-electron chi connectivity index (χ3n) is 4.56. The average Bonchev–Trinajstić information content (AvgIpc) is 2.71. The van der Waals surface area contributed by atoms with Crippen molar-refractivity contribution in [1.82, 2.24) is 5.48 Å². The number of hydroxylamine groups is 1. The number of hydrogen-bond donors (Lipinski definition) is 4. The number of benzene rings is 2. The number of rotatable bonds is 8. The highest BCUT2D eigenvalue weighted by Gasteiger charge is 2.33. The number of aromatic hydroxyl groups is 1. The number of anilines is 1. The van der Waals surface area contributed by atoms with Gasteiger partial charge in [0.1, 0.15) is 11.9 Å². The van der Waals surface area contributed by atoms with Crippen molar-refractivity contribution in [2.24, 2.45) is 5.41 Å². The molecule has 2 rings (SSSR count). The summed E-state index contributed by atoms with van der Waals surface area (Å²) in [5.41, 5.74) is 2.38. The number of phenols is 1. The van der Waals surface area contributed by atoms with Crippen molar-refractivity contribution in [1.29, 1.82) is 0 Å². The van der Waals surface area contributed by atoms with Gasteiger partial charge in [0, 0.05) is 21.7 Å². The Morgan fingerprint density at radius 1 is 1.13 bits per heavy atom. The van der Waals surface area contributed by atoms with E-state index in [2.05, 4.69) is 21.2 Å². The summed E-state index contributed by atoms with van der Waals surface area (Å²) < 4.78 is 6.68. The Kier molecular flexibility index (Phi) is 8.44. The minimum atomic E-state index is -0.604. The van der Waals surface area contributed by atoms with Gasteiger partial charge >= 0.3 is 6.09 Å². The molecule has 2 aromatic rings. The van der Waals surface area contributed by atoms with E-state index < -0.39 is 23.5 Å². The molecule has 160 valence electrons. The van der Waals surface area contributed by atoms with E-state index in [-0.39, 0.29) is 5.75 Å². The van der Waals surface area contributed by atoms with Crippen LogP contribution in [0.2, 0.25) is 0 Å². The number of phenolic OH excluding ortho intramolecular Hbond substituents is 1. The van der Waals surface area contributed by atoms with Gasteiger partial charge in [0.25, 0.3) is 5.91 Å². The van der Waals surface area contributed by atoms with Crippen molar-refractivity contribution >= 4 is 33.6 Å². The van der Waals surface area contributed by atoms with Gasteiger partial charge in [-0.25, -0.2) is 10.3 Å². The lowest BCUT2D eigenvalue weighted by molar-refractivity contribution is -0.124. The van der Waals surface area contributed by atoms with Crippen molar-refractivity contribution in [3.63, 3.8) is 0 Å². The Morgan fingerprint density at radius 2 is 1.77 bits per heavy atom. The molecule has 0 bridgehead atoms. The van der Waals surface area contributed by atoms with Crippen molar-refractivity contribution in [3.8, 4) is 5.75 Å². The number of nitrogens with one attached hydrogen (secondary N) is 2. The molecule has 0 aliphatic carbocycles. The fourth-order valence-corrected chi connectivity index (χ4v) is 3.19. The minimum absolute atomic E-state index is 0.118. The van der Waals surface area contributed by atoms with E-state index in [9.17, 15) is 14.7 Å². The van der Waals surface area contributed by atoms with Crippen LogP contribution in [0, 0.1) is 5.41 Å². The topological polar surface area (TPSA) is 108 Å². The van der Waals surface area contributed by atoms with Gasteiger partial charge in [-0.2, -0.15) is 0 Å². The summed E-state index contributed by atoms with van der Waals surface area (Å²) in [5.74, 6) is -0.486. The van der Waals surface area contributed by atoms with Crippen LogP contribution in [0.4, 0.5) is 10.5 Å². The van der Waals surface area contributed by atoms with Crippen molar-refractivity contribution < 1.29 is 24.6 Å². The molecule has 30 heavy (non-hydrogen) atoms. The van der Waals surface area contributed by atoms with E-state index in [4.69, 9.17) is 9.94 Å². The van der Waals surface area contributed by atoms with Gasteiger partial charge in [0.2, 0.25) is 0 Å². The average molecular weight is 477 g/mol. The Morgan fingerprint density at radius 3 is 2.37 bits per heavy atom. The molecule has 1 atom stereocenters. The first kappa shape index (κ1) is 23.4. The van der Waals surface area contributed by atoms with Crippen LogP contribution in [0.5, 0.6) is 5.75 Å². The second-order valence-electron chi connectivity index (χ2n) is 7.41. The smallest absolute Gasteiger partial charge is 0.412 e. The lowest BCUT2D eigenvalue weighted by Gasteiger charge is -2.34. The van der Waals surface area contributed by atoms with Crippen molar-refractivity contribution in [3.05, 3.63) is 70.7 Å². The van der Waals surface area contributed by atoms with Gasteiger partial charge < -0.3 is 9.84 Å². The number of carbonyl (C=O) groups excluding carboxylic acids is 2. The largest absolute Gasteiger partial charge is 0.508 e. The molecule has 0 saturated heterocycles. The molecule has 4 N–H and O–H groups in total. The lowest BCUT2D eigenvalue weighted by atomic mass is 9.78. The summed E-state index contributed by atoms with van der Waals surface area (Å²) in [6.45, 7) is 3.91. The Balaban J connectivity index is 2.15. The number of hydrogen-bond acceptors (Lipinski definition) is 5. The molecule has 0 heterocycles. The number of halogens is 1. The SMILES string of the molecule is CC(C)(CC/C=C/C(=O)NO)[C@H](OC(=O)Nc1ccc(Br)cc1)c1ccc(O)cc1. The first-order valence-electron chi connectivity index (χ1n) is 9.34.